The third-order valence-electron chi connectivity index (χ3n) is 5.28. The summed E-state index contributed by atoms with van der Waals surface area (Å²) in [6.45, 7) is 3.15. The number of carboxylic acids is 1. The molecule has 3 fully saturated rings. The summed E-state index contributed by atoms with van der Waals surface area (Å²) in [7, 11) is 2.25. The van der Waals surface area contributed by atoms with Crippen LogP contribution in [0.1, 0.15) is 38.5 Å². The van der Waals surface area contributed by atoms with Gasteiger partial charge in [-0.3, -0.25) is 9.69 Å². The van der Waals surface area contributed by atoms with Crippen molar-refractivity contribution in [2.45, 2.75) is 62.7 Å². The number of fused-ring (bicyclic) bond motifs is 2. The average molecular weight is 281 g/mol. The van der Waals surface area contributed by atoms with Gasteiger partial charge in [0.15, 0.2) is 0 Å². The fourth-order valence-electron chi connectivity index (χ4n) is 3.71. The van der Waals surface area contributed by atoms with E-state index in [2.05, 4.69) is 22.2 Å². The molecule has 5 nitrogen and oxygen atoms in total. The summed E-state index contributed by atoms with van der Waals surface area (Å²) < 4.78 is 0. The molecule has 0 spiro atoms. The lowest BCUT2D eigenvalue weighted by atomic mass is 10.1. The second kappa shape index (κ2) is 6.00. The van der Waals surface area contributed by atoms with E-state index >= 15 is 0 Å². The van der Waals surface area contributed by atoms with Crippen molar-refractivity contribution in [2.75, 3.05) is 26.7 Å². The summed E-state index contributed by atoms with van der Waals surface area (Å²) in [5.41, 5.74) is 0. The SMILES string of the molecule is CN1C2CCC1CN(CCC(NC1CC1)C(=O)O)CC2. The normalized spacial score (nSPS) is 33.0. The van der Waals surface area contributed by atoms with Crippen LogP contribution in [-0.2, 0) is 4.79 Å². The molecule has 20 heavy (non-hydrogen) atoms. The Morgan fingerprint density at radius 2 is 2.00 bits per heavy atom. The van der Waals surface area contributed by atoms with Crippen LogP contribution in [0.2, 0.25) is 0 Å². The Hall–Kier alpha value is -0.650. The van der Waals surface area contributed by atoms with Gasteiger partial charge in [0.1, 0.15) is 6.04 Å². The summed E-state index contributed by atoms with van der Waals surface area (Å²) in [6, 6.07) is 1.54. The maximum absolute atomic E-state index is 11.3. The van der Waals surface area contributed by atoms with Crippen molar-refractivity contribution in [1.82, 2.24) is 15.1 Å². The Bertz CT molecular complexity index is 359. The maximum atomic E-state index is 11.3. The van der Waals surface area contributed by atoms with Crippen LogP contribution in [0, 0.1) is 0 Å². The van der Waals surface area contributed by atoms with Gasteiger partial charge in [-0.1, -0.05) is 0 Å². The maximum Gasteiger partial charge on any atom is 0.320 e. The number of likely N-dealkylation sites (N-methyl/N-ethyl adjacent to an activating group) is 1. The van der Waals surface area contributed by atoms with E-state index in [9.17, 15) is 9.90 Å². The Kier molecular flexibility index (Phi) is 4.29. The molecule has 2 bridgehead atoms. The second-order valence-electron chi connectivity index (χ2n) is 6.76. The molecule has 0 radical (unpaired) electrons. The molecular formula is C15H27N3O2. The first kappa shape index (κ1) is 14.3. The number of aliphatic carboxylic acids is 1. The predicted molar refractivity (Wildman–Crippen MR) is 77.8 cm³/mol. The van der Waals surface area contributed by atoms with Crippen LogP contribution in [0.3, 0.4) is 0 Å². The Labute approximate surface area is 121 Å². The zero-order valence-corrected chi connectivity index (χ0v) is 12.4. The molecule has 1 aliphatic carbocycles. The summed E-state index contributed by atoms with van der Waals surface area (Å²) in [4.78, 5) is 16.3. The van der Waals surface area contributed by atoms with Gasteiger partial charge in [-0.25, -0.2) is 0 Å². The number of rotatable bonds is 6. The molecule has 2 aliphatic heterocycles. The summed E-state index contributed by atoms with van der Waals surface area (Å²) in [6.07, 6.45) is 6.90. The van der Waals surface area contributed by atoms with E-state index in [1.165, 1.54) is 19.3 Å². The third kappa shape index (κ3) is 3.32. The van der Waals surface area contributed by atoms with Crippen molar-refractivity contribution >= 4 is 5.97 Å². The minimum absolute atomic E-state index is 0.360. The van der Waals surface area contributed by atoms with Crippen molar-refractivity contribution in [2.24, 2.45) is 0 Å². The van der Waals surface area contributed by atoms with Gasteiger partial charge in [-0.2, -0.15) is 0 Å². The number of nitrogens with zero attached hydrogens (tertiary/aromatic N) is 2. The first-order valence-corrected chi connectivity index (χ1v) is 8.06. The van der Waals surface area contributed by atoms with Gasteiger partial charge in [0.05, 0.1) is 0 Å². The highest BCUT2D eigenvalue weighted by atomic mass is 16.4. The van der Waals surface area contributed by atoms with E-state index in [4.69, 9.17) is 0 Å². The monoisotopic (exact) mass is 281 g/mol. The van der Waals surface area contributed by atoms with E-state index in [-0.39, 0.29) is 6.04 Å². The molecule has 3 aliphatic rings. The van der Waals surface area contributed by atoms with Crippen molar-refractivity contribution in [3.8, 4) is 0 Å². The van der Waals surface area contributed by atoms with Gasteiger partial charge in [-0.15, -0.1) is 0 Å². The van der Waals surface area contributed by atoms with Crippen molar-refractivity contribution in [3.05, 3.63) is 0 Å². The fourth-order valence-corrected chi connectivity index (χ4v) is 3.71. The molecule has 3 unspecified atom stereocenters. The average Bonchev–Trinajstić information content (AvgIpc) is 3.15. The van der Waals surface area contributed by atoms with Crippen LogP contribution in [0.15, 0.2) is 0 Å². The highest BCUT2D eigenvalue weighted by molar-refractivity contribution is 5.73. The number of carboxylic acid groups (broad SMARTS) is 1. The number of carbonyl (C=O) groups is 1. The Balaban J connectivity index is 1.48. The Morgan fingerprint density at radius 3 is 2.70 bits per heavy atom. The molecule has 114 valence electrons. The van der Waals surface area contributed by atoms with Gasteiger partial charge in [0.25, 0.3) is 0 Å². The quantitative estimate of drug-likeness (QED) is 0.752. The molecule has 0 amide bonds. The van der Waals surface area contributed by atoms with Gasteiger partial charge >= 0.3 is 5.97 Å². The first-order chi connectivity index (χ1) is 9.63. The molecule has 1 saturated carbocycles. The fraction of sp³-hybridized carbons (Fsp3) is 0.933. The van der Waals surface area contributed by atoms with Crippen LogP contribution in [-0.4, -0.2) is 71.7 Å². The van der Waals surface area contributed by atoms with Gasteiger partial charge in [-0.05, 0) is 52.1 Å². The van der Waals surface area contributed by atoms with E-state index in [1.807, 2.05) is 0 Å². The lowest BCUT2D eigenvalue weighted by Crippen LogP contribution is -2.42. The summed E-state index contributed by atoms with van der Waals surface area (Å²) in [5.74, 6) is -0.689. The molecule has 2 heterocycles. The van der Waals surface area contributed by atoms with Crippen LogP contribution >= 0.6 is 0 Å². The van der Waals surface area contributed by atoms with Gasteiger partial charge in [0, 0.05) is 31.2 Å². The van der Waals surface area contributed by atoms with Crippen LogP contribution in [0.5, 0.6) is 0 Å². The van der Waals surface area contributed by atoms with E-state index < -0.39 is 5.97 Å². The molecule has 3 atom stereocenters. The van der Waals surface area contributed by atoms with Crippen molar-refractivity contribution < 1.29 is 9.90 Å². The largest absolute Gasteiger partial charge is 0.480 e. The third-order valence-corrected chi connectivity index (χ3v) is 5.28. The lowest BCUT2D eigenvalue weighted by molar-refractivity contribution is -0.139. The molecule has 3 rings (SSSR count). The Morgan fingerprint density at radius 1 is 1.25 bits per heavy atom. The van der Waals surface area contributed by atoms with E-state index in [1.54, 1.807) is 0 Å². The molecule has 0 aromatic rings. The molecule has 0 aromatic carbocycles. The first-order valence-electron chi connectivity index (χ1n) is 8.06. The molecule has 5 heteroatoms. The van der Waals surface area contributed by atoms with E-state index in [0.29, 0.717) is 12.1 Å². The van der Waals surface area contributed by atoms with Gasteiger partial charge in [0.2, 0.25) is 0 Å². The van der Waals surface area contributed by atoms with Crippen LogP contribution in [0.4, 0.5) is 0 Å². The number of hydrogen-bond acceptors (Lipinski definition) is 4. The molecule has 2 N–H and O–H groups in total. The summed E-state index contributed by atoms with van der Waals surface area (Å²) in [5, 5.41) is 12.5. The molecule has 0 aromatic heterocycles. The zero-order chi connectivity index (χ0) is 14.1. The van der Waals surface area contributed by atoms with Gasteiger partial charge < -0.3 is 15.3 Å². The number of hydrogen-bond donors (Lipinski definition) is 2. The second-order valence-corrected chi connectivity index (χ2v) is 6.76. The lowest BCUT2D eigenvalue weighted by Gasteiger charge is -2.26. The van der Waals surface area contributed by atoms with E-state index in [0.717, 1.165) is 44.9 Å². The summed E-state index contributed by atoms with van der Waals surface area (Å²) >= 11 is 0. The van der Waals surface area contributed by atoms with Crippen molar-refractivity contribution in [1.29, 1.82) is 0 Å². The highest BCUT2D eigenvalue weighted by Crippen LogP contribution is 2.28. The number of nitrogens with one attached hydrogen (secondary N) is 1. The standard InChI is InChI=1S/C15H27N3O2/c1-17-12-4-5-13(17)10-18(8-6-12)9-7-14(15(19)20)16-11-2-3-11/h11-14,16H,2-10H2,1H3,(H,19,20). The zero-order valence-electron chi connectivity index (χ0n) is 12.4. The number of likely N-dealkylation sites (tertiary alicyclic amines) is 1. The minimum atomic E-state index is -0.689. The smallest absolute Gasteiger partial charge is 0.320 e. The van der Waals surface area contributed by atoms with Crippen LogP contribution in [0.25, 0.3) is 0 Å². The molecule has 2 saturated heterocycles. The molecular weight excluding hydrogens is 254 g/mol. The van der Waals surface area contributed by atoms with Crippen molar-refractivity contribution in [3.63, 3.8) is 0 Å². The van der Waals surface area contributed by atoms with Crippen LogP contribution < -0.4 is 5.32 Å². The predicted octanol–water partition coefficient (Wildman–Crippen LogP) is 0.750. The minimum Gasteiger partial charge on any atom is -0.480 e. The highest BCUT2D eigenvalue weighted by Gasteiger charge is 2.35. The topological polar surface area (TPSA) is 55.8 Å².